The van der Waals surface area contributed by atoms with Crippen molar-refractivity contribution in [1.29, 1.82) is 0 Å². The molecule has 2 unspecified atom stereocenters. The predicted octanol–water partition coefficient (Wildman–Crippen LogP) is 0.498. The summed E-state index contributed by atoms with van der Waals surface area (Å²) in [7, 11) is -3.42. The van der Waals surface area contributed by atoms with E-state index < -0.39 is 10.0 Å². The van der Waals surface area contributed by atoms with Gasteiger partial charge in [-0.05, 0) is 19.3 Å². The van der Waals surface area contributed by atoms with Crippen LogP contribution in [-0.4, -0.2) is 42.1 Å². The van der Waals surface area contributed by atoms with Crippen LogP contribution in [0.25, 0.3) is 0 Å². The summed E-state index contributed by atoms with van der Waals surface area (Å²) < 4.78 is 26.2. The molecule has 0 radical (unpaired) electrons. The Kier molecular flexibility index (Phi) is 4.77. The quantitative estimate of drug-likeness (QED) is 0.831. The molecular weight excluding hydrogens is 276 g/mol. The standard InChI is InChI=1S/C10H18N4O2S.ClH/c1-7-6-14(4-3-9(7)11)17(15,16)10-5-12-13-8(10)2;/h5,7,9H,3-4,6,11H2,1-2H3,(H,12,13);1H. The van der Waals surface area contributed by atoms with Gasteiger partial charge in [0.25, 0.3) is 0 Å². The van der Waals surface area contributed by atoms with Crippen LogP contribution in [0.1, 0.15) is 19.0 Å². The highest BCUT2D eigenvalue weighted by atomic mass is 35.5. The second kappa shape index (κ2) is 5.56. The summed E-state index contributed by atoms with van der Waals surface area (Å²) in [6.45, 7) is 4.65. The lowest BCUT2D eigenvalue weighted by Gasteiger charge is -2.34. The molecule has 3 N–H and O–H groups in total. The Bertz CT molecular complexity index is 502. The molecular formula is C10H19ClN4O2S. The average molecular weight is 295 g/mol. The van der Waals surface area contributed by atoms with E-state index in [0.29, 0.717) is 25.2 Å². The average Bonchev–Trinajstić information content (AvgIpc) is 2.69. The topological polar surface area (TPSA) is 92.1 Å². The van der Waals surface area contributed by atoms with Gasteiger partial charge >= 0.3 is 0 Å². The maximum atomic E-state index is 12.3. The van der Waals surface area contributed by atoms with Crippen LogP contribution in [0.15, 0.2) is 11.1 Å². The number of piperidine rings is 1. The van der Waals surface area contributed by atoms with Gasteiger partial charge in [0.2, 0.25) is 10.0 Å². The lowest BCUT2D eigenvalue weighted by Crippen LogP contribution is -2.48. The van der Waals surface area contributed by atoms with Crippen molar-refractivity contribution in [1.82, 2.24) is 14.5 Å². The molecule has 1 aromatic rings. The van der Waals surface area contributed by atoms with Crippen LogP contribution in [0.5, 0.6) is 0 Å². The molecule has 2 rings (SSSR count). The zero-order valence-corrected chi connectivity index (χ0v) is 12.1. The van der Waals surface area contributed by atoms with E-state index in [-0.39, 0.29) is 29.3 Å². The van der Waals surface area contributed by atoms with Crippen molar-refractivity contribution in [2.24, 2.45) is 11.7 Å². The van der Waals surface area contributed by atoms with E-state index in [2.05, 4.69) is 10.2 Å². The molecule has 0 aliphatic carbocycles. The third-order valence-electron chi connectivity index (χ3n) is 3.34. The van der Waals surface area contributed by atoms with Crippen LogP contribution >= 0.6 is 12.4 Å². The molecule has 0 aromatic carbocycles. The number of nitrogens with one attached hydrogen (secondary N) is 1. The summed E-state index contributed by atoms with van der Waals surface area (Å²) >= 11 is 0. The number of aromatic nitrogens is 2. The molecule has 1 aromatic heterocycles. The third kappa shape index (κ3) is 2.69. The van der Waals surface area contributed by atoms with Gasteiger partial charge in [-0.1, -0.05) is 6.92 Å². The number of sulfonamides is 1. The fourth-order valence-electron chi connectivity index (χ4n) is 2.08. The Morgan fingerprint density at radius 2 is 2.22 bits per heavy atom. The van der Waals surface area contributed by atoms with Crippen molar-refractivity contribution in [3.8, 4) is 0 Å². The van der Waals surface area contributed by atoms with Crippen molar-refractivity contribution in [2.45, 2.75) is 31.2 Å². The Morgan fingerprint density at radius 1 is 1.56 bits per heavy atom. The van der Waals surface area contributed by atoms with Crippen LogP contribution in [0.4, 0.5) is 0 Å². The predicted molar refractivity (Wildman–Crippen MR) is 71.1 cm³/mol. The van der Waals surface area contributed by atoms with Gasteiger partial charge in [0.1, 0.15) is 4.90 Å². The highest BCUT2D eigenvalue weighted by Crippen LogP contribution is 2.23. The maximum absolute atomic E-state index is 12.3. The molecule has 1 saturated heterocycles. The van der Waals surface area contributed by atoms with Crippen molar-refractivity contribution < 1.29 is 8.42 Å². The number of hydrogen-bond donors (Lipinski definition) is 2. The number of rotatable bonds is 2. The molecule has 6 nitrogen and oxygen atoms in total. The number of nitrogens with zero attached hydrogens (tertiary/aromatic N) is 2. The first-order valence-electron chi connectivity index (χ1n) is 5.68. The second-order valence-corrected chi connectivity index (χ2v) is 6.56. The minimum absolute atomic E-state index is 0. The maximum Gasteiger partial charge on any atom is 0.246 e. The van der Waals surface area contributed by atoms with Crippen molar-refractivity contribution in [2.75, 3.05) is 13.1 Å². The fourth-order valence-corrected chi connectivity index (χ4v) is 3.76. The van der Waals surface area contributed by atoms with Gasteiger partial charge in [0.15, 0.2) is 0 Å². The summed E-state index contributed by atoms with van der Waals surface area (Å²) in [6, 6.07) is 0.0897. The summed E-state index contributed by atoms with van der Waals surface area (Å²) in [4.78, 5) is 0.264. The summed E-state index contributed by atoms with van der Waals surface area (Å²) in [5.74, 6) is 0.186. The zero-order chi connectivity index (χ0) is 12.6. The van der Waals surface area contributed by atoms with Gasteiger partial charge < -0.3 is 5.73 Å². The monoisotopic (exact) mass is 294 g/mol. The molecule has 104 valence electrons. The molecule has 0 spiro atoms. The van der Waals surface area contributed by atoms with Gasteiger partial charge in [-0.15, -0.1) is 12.4 Å². The first-order chi connectivity index (χ1) is 7.93. The number of aromatic amines is 1. The first-order valence-corrected chi connectivity index (χ1v) is 7.12. The lowest BCUT2D eigenvalue weighted by molar-refractivity contribution is 0.250. The van der Waals surface area contributed by atoms with Crippen LogP contribution < -0.4 is 5.73 Å². The van der Waals surface area contributed by atoms with E-state index in [1.807, 2.05) is 6.92 Å². The van der Waals surface area contributed by atoms with Gasteiger partial charge in [0.05, 0.1) is 11.9 Å². The van der Waals surface area contributed by atoms with Crippen molar-refractivity contribution in [3.05, 3.63) is 11.9 Å². The second-order valence-electron chi connectivity index (χ2n) is 4.65. The molecule has 0 amide bonds. The van der Waals surface area contributed by atoms with Gasteiger partial charge in [-0.2, -0.15) is 9.40 Å². The summed E-state index contributed by atoms with van der Waals surface area (Å²) in [5.41, 5.74) is 6.47. The van der Waals surface area contributed by atoms with Gasteiger partial charge in [-0.25, -0.2) is 8.42 Å². The van der Waals surface area contributed by atoms with Crippen LogP contribution in [-0.2, 0) is 10.0 Å². The normalized spacial score (nSPS) is 25.7. The molecule has 2 heterocycles. The van der Waals surface area contributed by atoms with Gasteiger partial charge in [0, 0.05) is 19.1 Å². The largest absolute Gasteiger partial charge is 0.327 e. The number of H-pyrrole nitrogens is 1. The Labute approximate surface area is 113 Å². The zero-order valence-electron chi connectivity index (χ0n) is 10.5. The minimum atomic E-state index is -3.42. The number of nitrogens with two attached hydrogens (primary N) is 1. The lowest BCUT2D eigenvalue weighted by atomic mass is 9.96. The van der Waals surface area contributed by atoms with E-state index in [4.69, 9.17) is 5.73 Å². The summed E-state index contributed by atoms with van der Waals surface area (Å²) in [5, 5.41) is 6.41. The van der Waals surface area contributed by atoms with E-state index in [0.717, 1.165) is 0 Å². The SMILES string of the molecule is Cc1[nH]ncc1S(=O)(=O)N1CCC(N)C(C)C1.Cl. The Hall–Kier alpha value is -0.630. The molecule has 1 aliphatic rings. The Balaban J connectivity index is 0.00000162. The van der Waals surface area contributed by atoms with Crippen LogP contribution in [0, 0.1) is 12.8 Å². The smallest absolute Gasteiger partial charge is 0.246 e. The number of aryl methyl sites for hydroxylation is 1. The van der Waals surface area contributed by atoms with E-state index >= 15 is 0 Å². The highest BCUT2D eigenvalue weighted by Gasteiger charge is 2.33. The van der Waals surface area contributed by atoms with Crippen molar-refractivity contribution >= 4 is 22.4 Å². The van der Waals surface area contributed by atoms with E-state index in [9.17, 15) is 8.42 Å². The highest BCUT2D eigenvalue weighted by molar-refractivity contribution is 7.89. The molecule has 2 atom stereocenters. The first kappa shape index (κ1) is 15.4. The van der Waals surface area contributed by atoms with Crippen LogP contribution in [0.3, 0.4) is 0 Å². The molecule has 0 bridgehead atoms. The number of halogens is 1. The van der Waals surface area contributed by atoms with Crippen LogP contribution in [0.2, 0.25) is 0 Å². The Morgan fingerprint density at radius 3 is 2.72 bits per heavy atom. The summed E-state index contributed by atoms with van der Waals surface area (Å²) in [6.07, 6.45) is 2.07. The molecule has 18 heavy (non-hydrogen) atoms. The minimum Gasteiger partial charge on any atom is -0.327 e. The molecule has 8 heteroatoms. The molecule has 1 aliphatic heterocycles. The molecule has 1 fully saturated rings. The molecule has 0 saturated carbocycles. The number of hydrogen-bond acceptors (Lipinski definition) is 4. The van der Waals surface area contributed by atoms with E-state index in [1.165, 1.54) is 10.5 Å². The third-order valence-corrected chi connectivity index (χ3v) is 5.31. The van der Waals surface area contributed by atoms with Crippen molar-refractivity contribution in [3.63, 3.8) is 0 Å². The fraction of sp³-hybridized carbons (Fsp3) is 0.700. The van der Waals surface area contributed by atoms with Gasteiger partial charge in [-0.3, -0.25) is 5.10 Å². The van der Waals surface area contributed by atoms with E-state index in [1.54, 1.807) is 6.92 Å².